The molecule has 0 saturated carbocycles. The van der Waals surface area contributed by atoms with Gasteiger partial charge in [0, 0.05) is 26.2 Å². The van der Waals surface area contributed by atoms with Gasteiger partial charge in [0.1, 0.15) is 12.2 Å². The average molecular weight is 300 g/mol. The molecular formula is C16H28O5. The quantitative estimate of drug-likeness (QED) is 0.557. The van der Waals surface area contributed by atoms with Crippen molar-refractivity contribution in [3.63, 3.8) is 0 Å². The molecule has 0 bridgehead atoms. The van der Waals surface area contributed by atoms with Gasteiger partial charge in [-0.15, -0.1) is 0 Å². The number of hydrogen-bond donors (Lipinski definition) is 0. The van der Waals surface area contributed by atoms with Crippen molar-refractivity contribution in [3.05, 3.63) is 12.2 Å². The van der Waals surface area contributed by atoms with E-state index in [0.29, 0.717) is 26.2 Å². The van der Waals surface area contributed by atoms with Crippen LogP contribution in [-0.4, -0.2) is 50.2 Å². The fourth-order valence-corrected chi connectivity index (χ4v) is 2.42. The molecule has 1 heterocycles. The van der Waals surface area contributed by atoms with Gasteiger partial charge in [-0.1, -0.05) is 12.2 Å². The maximum atomic E-state index is 12.0. The van der Waals surface area contributed by atoms with Crippen LogP contribution in [0.15, 0.2) is 12.2 Å². The average Bonchev–Trinajstić information content (AvgIpc) is 2.42. The van der Waals surface area contributed by atoms with Crippen LogP contribution in [0.2, 0.25) is 0 Å². The molecule has 0 aromatic rings. The number of carbonyl (C=O) groups excluding carboxylic acids is 1. The van der Waals surface area contributed by atoms with E-state index in [2.05, 4.69) is 0 Å². The zero-order chi connectivity index (χ0) is 15.7. The number of hydrogen-bond acceptors (Lipinski definition) is 5. The van der Waals surface area contributed by atoms with Crippen molar-refractivity contribution < 1.29 is 23.7 Å². The zero-order valence-electron chi connectivity index (χ0n) is 13.5. The highest BCUT2D eigenvalue weighted by Gasteiger charge is 2.27. The third-order valence-electron chi connectivity index (χ3n) is 3.27. The van der Waals surface area contributed by atoms with Crippen molar-refractivity contribution in [1.82, 2.24) is 0 Å². The van der Waals surface area contributed by atoms with Crippen molar-refractivity contribution in [2.75, 3.05) is 19.8 Å². The molecule has 122 valence electrons. The Labute approximate surface area is 127 Å². The fraction of sp³-hybridized carbons (Fsp3) is 0.812. The lowest BCUT2D eigenvalue weighted by molar-refractivity contribution is -0.155. The third kappa shape index (κ3) is 6.59. The van der Waals surface area contributed by atoms with E-state index in [9.17, 15) is 4.79 Å². The first-order chi connectivity index (χ1) is 10.1. The second kappa shape index (κ2) is 9.92. The lowest BCUT2D eigenvalue weighted by Gasteiger charge is -2.27. The molecule has 0 amide bonds. The Kier molecular flexibility index (Phi) is 8.57. The van der Waals surface area contributed by atoms with Crippen LogP contribution < -0.4 is 0 Å². The van der Waals surface area contributed by atoms with E-state index in [0.717, 1.165) is 0 Å². The van der Waals surface area contributed by atoms with Gasteiger partial charge in [-0.3, -0.25) is 4.79 Å². The second-order valence-corrected chi connectivity index (χ2v) is 5.03. The maximum absolute atomic E-state index is 12.0. The lowest BCUT2D eigenvalue weighted by atomic mass is 10.1. The molecule has 0 N–H and O–H groups in total. The molecule has 1 aliphatic rings. The number of carbonyl (C=O) groups is 1. The minimum atomic E-state index is -0.328. The molecule has 5 heteroatoms. The van der Waals surface area contributed by atoms with Crippen molar-refractivity contribution in [2.45, 2.75) is 65.0 Å². The van der Waals surface area contributed by atoms with Crippen molar-refractivity contribution in [1.29, 1.82) is 0 Å². The maximum Gasteiger partial charge on any atom is 0.308 e. The molecule has 0 aromatic carbocycles. The molecule has 4 unspecified atom stereocenters. The number of esters is 1. The van der Waals surface area contributed by atoms with Crippen LogP contribution in [0.5, 0.6) is 0 Å². The summed E-state index contributed by atoms with van der Waals surface area (Å²) in [4.78, 5) is 12.0. The molecule has 1 rings (SSSR count). The first-order valence-corrected chi connectivity index (χ1v) is 7.83. The summed E-state index contributed by atoms with van der Waals surface area (Å²) >= 11 is 0. The Balaban J connectivity index is 2.91. The molecule has 4 atom stereocenters. The smallest absolute Gasteiger partial charge is 0.308 e. The minimum Gasteiger partial charge on any atom is -0.462 e. The van der Waals surface area contributed by atoms with Gasteiger partial charge in [0.25, 0.3) is 0 Å². The summed E-state index contributed by atoms with van der Waals surface area (Å²) in [5, 5.41) is 0. The molecule has 21 heavy (non-hydrogen) atoms. The van der Waals surface area contributed by atoms with Crippen LogP contribution in [0.4, 0.5) is 0 Å². The second-order valence-electron chi connectivity index (χ2n) is 5.03. The Morgan fingerprint density at radius 3 is 2.38 bits per heavy atom. The highest BCUT2D eigenvalue weighted by Crippen LogP contribution is 2.17. The monoisotopic (exact) mass is 300 g/mol. The minimum absolute atomic E-state index is 0.0823. The zero-order valence-corrected chi connectivity index (χ0v) is 13.5. The standard InChI is InChI=1S/C16H28O5/c1-5-18-13-8-9-14(19-6-2)15(20-7-3)11-16(17)21-12(4)10-13/h8-9,12-15H,5-7,10-11H2,1-4H3. The summed E-state index contributed by atoms with van der Waals surface area (Å²) < 4.78 is 22.5. The topological polar surface area (TPSA) is 54.0 Å². The third-order valence-corrected chi connectivity index (χ3v) is 3.27. The van der Waals surface area contributed by atoms with E-state index < -0.39 is 0 Å². The summed E-state index contributed by atoms with van der Waals surface area (Å²) in [6.45, 7) is 9.37. The Morgan fingerprint density at radius 1 is 1.10 bits per heavy atom. The van der Waals surface area contributed by atoms with Crippen LogP contribution in [-0.2, 0) is 23.7 Å². The predicted molar refractivity (Wildman–Crippen MR) is 80.2 cm³/mol. The molecule has 0 spiro atoms. The molecule has 0 saturated heterocycles. The first-order valence-electron chi connectivity index (χ1n) is 7.83. The van der Waals surface area contributed by atoms with E-state index >= 15 is 0 Å². The van der Waals surface area contributed by atoms with Gasteiger partial charge in [0.05, 0.1) is 18.6 Å². The summed E-state index contributed by atoms with van der Waals surface area (Å²) in [6, 6.07) is 0. The van der Waals surface area contributed by atoms with Gasteiger partial charge in [0.2, 0.25) is 0 Å². The van der Waals surface area contributed by atoms with Crippen molar-refractivity contribution in [3.8, 4) is 0 Å². The Hall–Kier alpha value is -0.910. The van der Waals surface area contributed by atoms with E-state index in [1.54, 1.807) is 0 Å². The van der Waals surface area contributed by atoms with Crippen LogP contribution in [0.1, 0.15) is 40.5 Å². The van der Waals surface area contributed by atoms with Gasteiger partial charge >= 0.3 is 5.97 Å². The van der Waals surface area contributed by atoms with Crippen LogP contribution in [0.25, 0.3) is 0 Å². The summed E-state index contributed by atoms with van der Waals surface area (Å²) in [5.74, 6) is -0.254. The van der Waals surface area contributed by atoms with E-state index in [-0.39, 0.29) is 36.8 Å². The largest absolute Gasteiger partial charge is 0.462 e. The number of rotatable bonds is 6. The normalized spacial score (nSPS) is 31.0. The van der Waals surface area contributed by atoms with E-state index in [4.69, 9.17) is 18.9 Å². The van der Waals surface area contributed by atoms with Crippen LogP contribution >= 0.6 is 0 Å². The van der Waals surface area contributed by atoms with Gasteiger partial charge in [-0.05, 0) is 27.7 Å². The molecule has 5 nitrogen and oxygen atoms in total. The van der Waals surface area contributed by atoms with E-state index in [1.807, 2.05) is 39.8 Å². The van der Waals surface area contributed by atoms with Gasteiger partial charge in [-0.25, -0.2) is 0 Å². The van der Waals surface area contributed by atoms with Gasteiger partial charge < -0.3 is 18.9 Å². The summed E-state index contributed by atoms with van der Waals surface area (Å²) in [5.41, 5.74) is 0. The number of ether oxygens (including phenoxy) is 4. The Morgan fingerprint density at radius 2 is 1.76 bits per heavy atom. The molecule has 0 fully saturated rings. The highest BCUT2D eigenvalue weighted by atomic mass is 16.6. The summed E-state index contributed by atoms with van der Waals surface area (Å²) in [6.07, 6.45) is 3.94. The molecule has 0 aliphatic carbocycles. The van der Waals surface area contributed by atoms with Crippen molar-refractivity contribution >= 4 is 5.97 Å². The number of cyclic esters (lactones) is 1. The lowest BCUT2D eigenvalue weighted by Crippen LogP contribution is -2.35. The summed E-state index contributed by atoms with van der Waals surface area (Å²) in [7, 11) is 0. The Bertz CT molecular complexity index is 329. The molecular weight excluding hydrogens is 272 g/mol. The van der Waals surface area contributed by atoms with Gasteiger partial charge in [0.15, 0.2) is 0 Å². The van der Waals surface area contributed by atoms with Crippen LogP contribution in [0.3, 0.4) is 0 Å². The predicted octanol–water partition coefficient (Wildman–Crippen LogP) is 2.48. The fourth-order valence-electron chi connectivity index (χ4n) is 2.42. The first kappa shape index (κ1) is 18.1. The molecule has 0 radical (unpaired) electrons. The van der Waals surface area contributed by atoms with Crippen LogP contribution in [0, 0.1) is 0 Å². The van der Waals surface area contributed by atoms with Gasteiger partial charge in [-0.2, -0.15) is 0 Å². The molecule has 1 aliphatic heterocycles. The molecule has 0 aromatic heterocycles. The van der Waals surface area contributed by atoms with Crippen molar-refractivity contribution in [2.24, 2.45) is 0 Å². The highest BCUT2D eigenvalue weighted by molar-refractivity contribution is 5.70. The SMILES string of the molecule is CCOC1C=CC(OCC)C(OCC)CC(=O)OC(C)C1. The van der Waals surface area contributed by atoms with E-state index in [1.165, 1.54) is 0 Å².